The van der Waals surface area contributed by atoms with Crippen LogP contribution in [0.2, 0.25) is 0 Å². The van der Waals surface area contributed by atoms with Crippen molar-refractivity contribution in [3.05, 3.63) is 5.82 Å². The first-order valence-electron chi connectivity index (χ1n) is 8.22. The van der Waals surface area contributed by atoms with E-state index in [0.29, 0.717) is 0 Å². The number of fused-ring (bicyclic) bond motifs is 1. The number of anilines is 1. The van der Waals surface area contributed by atoms with Gasteiger partial charge in [-0.25, -0.2) is 0 Å². The van der Waals surface area contributed by atoms with E-state index in [2.05, 4.69) is 22.4 Å². The first kappa shape index (κ1) is 12.4. The minimum absolute atomic E-state index is 0.270. The van der Waals surface area contributed by atoms with Crippen LogP contribution in [0, 0.1) is 17.8 Å². The summed E-state index contributed by atoms with van der Waals surface area (Å²) >= 11 is 1.61. The molecule has 6 rings (SSSR count). The molecular weight excluding hydrogens is 282 g/mol. The van der Waals surface area contributed by atoms with Crippen LogP contribution >= 0.6 is 11.3 Å². The van der Waals surface area contributed by atoms with Gasteiger partial charge in [-0.2, -0.15) is 4.52 Å². The molecule has 4 aliphatic carbocycles. The highest BCUT2D eigenvalue weighted by Gasteiger charge is 2.54. The molecular formula is C15H21N5S. The molecule has 4 bridgehead atoms. The fourth-order valence-electron chi connectivity index (χ4n) is 5.55. The molecule has 2 aromatic rings. The van der Waals surface area contributed by atoms with Crippen LogP contribution in [-0.4, -0.2) is 26.4 Å². The topological polar surface area (TPSA) is 55.1 Å². The van der Waals surface area contributed by atoms with Crippen LogP contribution in [0.3, 0.4) is 0 Å². The third-order valence-electron chi connectivity index (χ3n) is 5.83. The summed E-state index contributed by atoms with van der Waals surface area (Å²) in [5.74, 6) is 3.93. The maximum Gasteiger partial charge on any atom is 0.236 e. The molecule has 112 valence electrons. The van der Waals surface area contributed by atoms with Crippen LogP contribution in [0.4, 0.5) is 5.13 Å². The number of aromatic nitrogens is 4. The average Bonchev–Trinajstić information content (AvgIpc) is 2.96. The summed E-state index contributed by atoms with van der Waals surface area (Å²) in [6.07, 6.45) is 8.32. The first-order valence-corrected chi connectivity index (χ1v) is 9.04. The Hall–Kier alpha value is -1.17. The summed E-state index contributed by atoms with van der Waals surface area (Å²) in [7, 11) is 0. The summed E-state index contributed by atoms with van der Waals surface area (Å²) in [4.78, 5) is 0.941. The van der Waals surface area contributed by atoms with Gasteiger partial charge < -0.3 is 5.32 Å². The number of hydrogen-bond donors (Lipinski definition) is 1. The second kappa shape index (κ2) is 4.18. The van der Waals surface area contributed by atoms with Crippen molar-refractivity contribution in [3.8, 4) is 0 Å². The highest BCUT2D eigenvalue weighted by Crippen LogP contribution is 2.60. The standard InChI is InChI=1S/C15H21N5S/c1-2-16-13-19-20-12(17-18-14(20)21-13)15-6-9-3-10(7-15)5-11(4-9)8-15/h9-11H,2-8H2,1H3,(H,16,19). The fourth-order valence-corrected chi connectivity index (χ4v) is 6.36. The lowest BCUT2D eigenvalue weighted by Gasteiger charge is -2.55. The summed E-state index contributed by atoms with van der Waals surface area (Å²) < 4.78 is 2.04. The second-order valence-corrected chi connectivity index (χ2v) is 8.31. The maximum atomic E-state index is 4.72. The second-order valence-electron chi connectivity index (χ2n) is 7.35. The van der Waals surface area contributed by atoms with Crippen LogP contribution in [0.25, 0.3) is 4.96 Å². The van der Waals surface area contributed by atoms with Crippen LogP contribution in [0.5, 0.6) is 0 Å². The fraction of sp³-hybridized carbons (Fsp3) is 0.800. The quantitative estimate of drug-likeness (QED) is 0.946. The molecule has 1 N–H and O–H groups in total. The lowest BCUT2D eigenvalue weighted by Crippen LogP contribution is -2.49. The normalized spacial score (nSPS) is 37.5. The molecule has 0 radical (unpaired) electrons. The van der Waals surface area contributed by atoms with Gasteiger partial charge in [-0.3, -0.25) is 0 Å². The van der Waals surface area contributed by atoms with Gasteiger partial charge in [0.15, 0.2) is 5.82 Å². The van der Waals surface area contributed by atoms with E-state index in [9.17, 15) is 0 Å². The zero-order valence-electron chi connectivity index (χ0n) is 12.4. The molecule has 0 spiro atoms. The summed E-state index contributed by atoms with van der Waals surface area (Å²) in [6, 6.07) is 0. The Labute approximate surface area is 128 Å². The number of nitrogens with zero attached hydrogens (tertiary/aromatic N) is 4. The van der Waals surface area contributed by atoms with Gasteiger partial charge in [0.1, 0.15) is 0 Å². The van der Waals surface area contributed by atoms with Crippen LogP contribution < -0.4 is 5.32 Å². The Morgan fingerprint density at radius 1 is 1.14 bits per heavy atom. The van der Waals surface area contributed by atoms with Crippen molar-refractivity contribution in [1.29, 1.82) is 0 Å². The van der Waals surface area contributed by atoms with E-state index in [1.54, 1.807) is 11.3 Å². The smallest absolute Gasteiger partial charge is 0.236 e. The van der Waals surface area contributed by atoms with E-state index < -0.39 is 0 Å². The van der Waals surface area contributed by atoms with Crippen LogP contribution in [-0.2, 0) is 5.41 Å². The summed E-state index contributed by atoms with van der Waals surface area (Å²) in [5.41, 5.74) is 0.270. The molecule has 2 heterocycles. The molecule has 0 atom stereocenters. The van der Waals surface area contributed by atoms with Gasteiger partial charge in [-0.15, -0.1) is 15.3 Å². The minimum Gasteiger partial charge on any atom is -0.360 e. The Balaban J connectivity index is 1.60. The SMILES string of the molecule is CCNc1nn2c(C34CC5CC(CC(C5)C3)C4)nnc2s1. The van der Waals surface area contributed by atoms with Crippen LogP contribution in [0.1, 0.15) is 51.3 Å². The molecule has 0 unspecified atom stereocenters. The van der Waals surface area contributed by atoms with Crippen molar-refractivity contribution in [2.24, 2.45) is 17.8 Å². The molecule has 5 nitrogen and oxygen atoms in total. The Morgan fingerprint density at radius 2 is 1.81 bits per heavy atom. The Morgan fingerprint density at radius 3 is 2.43 bits per heavy atom. The van der Waals surface area contributed by atoms with Gasteiger partial charge in [0.25, 0.3) is 0 Å². The predicted octanol–water partition coefficient (Wildman–Crippen LogP) is 3.09. The van der Waals surface area contributed by atoms with E-state index in [1.807, 2.05) is 4.52 Å². The molecule has 0 aliphatic heterocycles. The van der Waals surface area contributed by atoms with E-state index in [0.717, 1.165) is 40.2 Å². The lowest BCUT2D eigenvalue weighted by atomic mass is 9.49. The lowest BCUT2D eigenvalue weighted by molar-refractivity contribution is -0.0103. The van der Waals surface area contributed by atoms with Crippen molar-refractivity contribution in [2.75, 3.05) is 11.9 Å². The maximum absolute atomic E-state index is 4.72. The molecule has 0 amide bonds. The van der Waals surface area contributed by atoms with Crippen molar-refractivity contribution in [2.45, 2.75) is 50.9 Å². The number of nitrogens with one attached hydrogen (secondary N) is 1. The monoisotopic (exact) mass is 303 g/mol. The van der Waals surface area contributed by atoms with Gasteiger partial charge >= 0.3 is 0 Å². The largest absolute Gasteiger partial charge is 0.360 e. The van der Waals surface area contributed by atoms with E-state index in [1.165, 1.54) is 38.5 Å². The first-order chi connectivity index (χ1) is 10.3. The van der Waals surface area contributed by atoms with Gasteiger partial charge in [0.05, 0.1) is 0 Å². The molecule has 2 aromatic heterocycles. The molecule has 6 heteroatoms. The summed E-state index contributed by atoms with van der Waals surface area (Å²) in [6.45, 7) is 3.00. The van der Waals surface area contributed by atoms with Crippen molar-refractivity contribution < 1.29 is 0 Å². The number of rotatable bonds is 3. The van der Waals surface area contributed by atoms with Crippen molar-refractivity contribution in [1.82, 2.24) is 19.8 Å². The van der Waals surface area contributed by atoms with E-state index in [4.69, 9.17) is 5.10 Å². The van der Waals surface area contributed by atoms with Crippen molar-refractivity contribution in [3.63, 3.8) is 0 Å². The molecule has 0 saturated heterocycles. The van der Waals surface area contributed by atoms with Gasteiger partial charge in [0, 0.05) is 12.0 Å². The van der Waals surface area contributed by atoms with E-state index in [-0.39, 0.29) is 5.41 Å². The molecule has 21 heavy (non-hydrogen) atoms. The molecule has 4 saturated carbocycles. The zero-order valence-corrected chi connectivity index (χ0v) is 13.2. The Kier molecular flexibility index (Phi) is 2.47. The number of hydrogen-bond acceptors (Lipinski definition) is 5. The van der Waals surface area contributed by atoms with Gasteiger partial charge in [-0.05, 0) is 63.2 Å². The third-order valence-corrected chi connectivity index (χ3v) is 6.69. The molecule has 0 aromatic carbocycles. The Bertz CT molecular complexity index is 652. The molecule has 4 aliphatic rings. The highest BCUT2D eigenvalue weighted by atomic mass is 32.1. The molecule has 4 fully saturated rings. The predicted molar refractivity (Wildman–Crippen MR) is 82.7 cm³/mol. The van der Waals surface area contributed by atoms with Crippen LogP contribution in [0.15, 0.2) is 0 Å². The van der Waals surface area contributed by atoms with Gasteiger partial charge in [-0.1, -0.05) is 11.3 Å². The minimum atomic E-state index is 0.270. The summed E-state index contributed by atoms with van der Waals surface area (Å²) in [5, 5.41) is 18.0. The van der Waals surface area contributed by atoms with Crippen molar-refractivity contribution >= 4 is 21.4 Å². The van der Waals surface area contributed by atoms with E-state index >= 15 is 0 Å². The van der Waals surface area contributed by atoms with Gasteiger partial charge in [0.2, 0.25) is 10.1 Å². The average molecular weight is 303 g/mol. The highest BCUT2D eigenvalue weighted by molar-refractivity contribution is 7.20. The zero-order chi connectivity index (χ0) is 14.0. The third kappa shape index (κ3) is 1.71.